The van der Waals surface area contributed by atoms with Crippen LogP contribution in [0, 0.1) is 6.92 Å². The minimum atomic E-state index is -3.55. The summed E-state index contributed by atoms with van der Waals surface area (Å²) in [5.41, 5.74) is 0.989. The number of nitrogens with one attached hydrogen (secondary N) is 2. The van der Waals surface area contributed by atoms with Crippen molar-refractivity contribution in [1.82, 2.24) is 14.9 Å². The first-order valence-electron chi connectivity index (χ1n) is 7.11. The molecule has 0 aliphatic rings. The molecule has 10 heteroatoms. The predicted octanol–water partition coefficient (Wildman–Crippen LogP) is 1.93. The maximum Gasteiger partial charge on any atom is 0.243 e. The highest BCUT2D eigenvalue weighted by Gasteiger charge is 2.15. The molecule has 1 aromatic carbocycles. The molecule has 0 saturated heterocycles. The van der Waals surface area contributed by atoms with Crippen molar-refractivity contribution in [2.45, 2.75) is 30.5 Å². The van der Waals surface area contributed by atoms with Crippen LogP contribution < -0.4 is 10.0 Å². The van der Waals surface area contributed by atoms with Crippen molar-refractivity contribution in [3.63, 3.8) is 0 Å². The van der Waals surface area contributed by atoms with E-state index in [1.54, 1.807) is 31.2 Å². The molecule has 2 N–H and O–H groups in total. The van der Waals surface area contributed by atoms with Crippen LogP contribution in [-0.4, -0.2) is 36.4 Å². The number of hydrogen-bond acceptors (Lipinski definition) is 6. The molecule has 2 aromatic rings. The SMILES string of the molecule is Cc1ccc(S(=O)(=O)NCCc2nnc(NC(=O)C(C)Cl)s2)cc1. The molecular formula is C14H17ClN4O3S2. The summed E-state index contributed by atoms with van der Waals surface area (Å²) >= 11 is 6.83. The zero-order valence-electron chi connectivity index (χ0n) is 13.1. The molecule has 2 rings (SSSR count). The van der Waals surface area contributed by atoms with E-state index in [0.29, 0.717) is 16.6 Å². The summed E-state index contributed by atoms with van der Waals surface area (Å²) in [6.07, 6.45) is 0.370. The van der Waals surface area contributed by atoms with Crippen LogP contribution in [0.2, 0.25) is 0 Å². The highest BCUT2D eigenvalue weighted by atomic mass is 35.5. The van der Waals surface area contributed by atoms with Gasteiger partial charge < -0.3 is 0 Å². The molecule has 1 aromatic heterocycles. The van der Waals surface area contributed by atoms with Crippen LogP contribution >= 0.6 is 22.9 Å². The van der Waals surface area contributed by atoms with E-state index >= 15 is 0 Å². The maximum atomic E-state index is 12.1. The van der Waals surface area contributed by atoms with Gasteiger partial charge in [0.05, 0.1) is 4.90 Å². The quantitative estimate of drug-likeness (QED) is 0.706. The highest BCUT2D eigenvalue weighted by molar-refractivity contribution is 7.89. The molecule has 0 fully saturated rings. The molecule has 7 nitrogen and oxygen atoms in total. The molecule has 0 saturated carbocycles. The highest BCUT2D eigenvalue weighted by Crippen LogP contribution is 2.16. The second kappa shape index (κ2) is 8.02. The normalized spacial score (nSPS) is 12.8. The van der Waals surface area contributed by atoms with Gasteiger partial charge in [-0.25, -0.2) is 13.1 Å². The smallest absolute Gasteiger partial charge is 0.243 e. The van der Waals surface area contributed by atoms with Gasteiger partial charge in [0.2, 0.25) is 21.1 Å². The van der Waals surface area contributed by atoms with Crippen LogP contribution in [0.25, 0.3) is 0 Å². The Morgan fingerprint density at radius 3 is 2.58 bits per heavy atom. The Morgan fingerprint density at radius 2 is 1.96 bits per heavy atom. The van der Waals surface area contributed by atoms with Crippen molar-refractivity contribution in [3.05, 3.63) is 34.8 Å². The number of halogens is 1. The van der Waals surface area contributed by atoms with E-state index in [1.165, 1.54) is 11.3 Å². The number of anilines is 1. The number of carbonyl (C=O) groups is 1. The zero-order chi connectivity index (χ0) is 17.7. The Morgan fingerprint density at radius 1 is 1.29 bits per heavy atom. The molecule has 0 radical (unpaired) electrons. The van der Waals surface area contributed by atoms with E-state index in [2.05, 4.69) is 20.2 Å². The van der Waals surface area contributed by atoms with Gasteiger partial charge in [0.1, 0.15) is 10.4 Å². The lowest BCUT2D eigenvalue weighted by Gasteiger charge is -2.05. The Bertz CT molecular complexity index is 804. The first kappa shape index (κ1) is 18.8. The maximum absolute atomic E-state index is 12.1. The number of amides is 1. The van der Waals surface area contributed by atoms with Crippen molar-refractivity contribution >= 4 is 44.0 Å². The van der Waals surface area contributed by atoms with Gasteiger partial charge in [-0.1, -0.05) is 29.0 Å². The van der Waals surface area contributed by atoms with Crippen LogP contribution in [0.4, 0.5) is 5.13 Å². The third-order valence-electron chi connectivity index (χ3n) is 3.02. The summed E-state index contributed by atoms with van der Waals surface area (Å²) < 4.78 is 26.8. The average Bonchev–Trinajstić information content (AvgIpc) is 2.94. The molecule has 0 aliphatic heterocycles. The number of aryl methyl sites for hydroxylation is 1. The first-order chi connectivity index (χ1) is 11.3. The average molecular weight is 389 g/mol. The van der Waals surface area contributed by atoms with Crippen molar-refractivity contribution in [3.8, 4) is 0 Å². The predicted molar refractivity (Wildman–Crippen MR) is 93.9 cm³/mol. The van der Waals surface area contributed by atoms with Crippen LogP contribution in [0.5, 0.6) is 0 Å². The number of aromatic nitrogens is 2. The van der Waals surface area contributed by atoms with Gasteiger partial charge in [0.25, 0.3) is 0 Å². The lowest BCUT2D eigenvalue weighted by atomic mass is 10.2. The second-order valence-corrected chi connectivity index (χ2v) is 8.55. The summed E-state index contributed by atoms with van der Waals surface area (Å²) in [4.78, 5) is 11.7. The topological polar surface area (TPSA) is 101 Å². The Kier molecular flexibility index (Phi) is 6.27. The molecule has 0 spiro atoms. The largest absolute Gasteiger partial charge is 0.299 e. The third kappa shape index (κ3) is 5.23. The van der Waals surface area contributed by atoms with E-state index in [0.717, 1.165) is 5.56 Å². The van der Waals surface area contributed by atoms with Crippen molar-refractivity contribution in [1.29, 1.82) is 0 Å². The van der Waals surface area contributed by atoms with Crippen molar-refractivity contribution in [2.24, 2.45) is 0 Å². The summed E-state index contributed by atoms with van der Waals surface area (Å²) in [6, 6.07) is 6.60. The Hall–Kier alpha value is -1.55. The van der Waals surface area contributed by atoms with Crippen LogP contribution in [-0.2, 0) is 21.2 Å². The molecule has 1 atom stereocenters. The van der Waals surface area contributed by atoms with E-state index in [-0.39, 0.29) is 17.3 Å². The monoisotopic (exact) mass is 388 g/mol. The van der Waals surface area contributed by atoms with Crippen LogP contribution in [0.1, 0.15) is 17.5 Å². The molecule has 24 heavy (non-hydrogen) atoms. The van der Waals surface area contributed by atoms with Gasteiger partial charge >= 0.3 is 0 Å². The number of carbonyl (C=O) groups excluding carboxylic acids is 1. The molecule has 1 heterocycles. The molecule has 130 valence electrons. The Balaban J connectivity index is 1.89. The van der Waals surface area contributed by atoms with E-state index in [9.17, 15) is 13.2 Å². The summed E-state index contributed by atoms with van der Waals surface area (Å²) in [7, 11) is -3.55. The van der Waals surface area contributed by atoms with Crippen molar-refractivity contribution in [2.75, 3.05) is 11.9 Å². The summed E-state index contributed by atoms with van der Waals surface area (Å²) in [5.74, 6) is -0.362. The number of nitrogens with zero attached hydrogens (tertiary/aromatic N) is 2. The van der Waals surface area contributed by atoms with Crippen LogP contribution in [0.3, 0.4) is 0 Å². The molecule has 1 unspecified atom stereocenters. The number of alkyl halides is 1. The minimum absolute atomic E-state index is 0.185. The fourth-order valence-corrected chi connectivity index (χ4v) is 3.53. The van der Waals surface area contributed by atoms with Crippen molar-refractivity contribution < 1.29 is 13.2 Å². The summed E-state index contributed by atoms with van der Waals surface area (Å²) in [5, 5.41) is 10.5. The summed E-state index contributed by atoms with van der Waals surface area (Å²) in [6.45, 7) is 3.63. The van der Waals surface area contributed by atoms with Gasteiger partial charge in [-0.15, -0.1) is 21.8 Å². The van der Waals surface area contributed by atoms with E-state index in [4.69, 9.17) is 11.6 Å². The lowest BCUT2D eigenvalue weighted by Crippen LogP contribution is -2.25. The van der Waals surface area contributed by atoms with Gasteiger partial charge in [0, 0.05) is 13.0 Å². The fraction of sp³-hybridized carbons (Fsp3) is 0.357. The van der Waals surface area contributed by atoms with Crippen LogP contribution in [0.15, 0.2) is 29.2 Å². The standard InChI is InChI=1S/C14H17ClN4O3S2/c1-9-3-5-11(6-4-9)24(21,22)16-8-7-12-18-19-14(23-12)17-13(20)10(2)15/h3-6,10,16H,7-8H2,1-2H3,(H,17,19,20). The third-order valence-corrected chi connectivity index (χ3v) is 5.59. The van der Waals surface area contributed by atoms with E-state index < -0.39 is 15.4 Å². The van der Waals surface area contributed by atoms with Gasteiger partial charge in [0.15, 0.2) is 0 Å². The lowest BCUT2D eigenvalue weighted by molar-refractivity contribution is -0.115. The number of sulfonamides is 1. The fourth-order valence-electron chi connectivity index (χ4n) is 1.70. The number of benzene rings is 1. The number of rotatable bonds is 7. The Labute approximate surface area is 149 Å². The molecular weight excluding hydrogens is 372 g/mol. The first-order valence-corrected chi connectivity index (χ1v) is 9.85. The zero-order valence-corrected chi connectivity index (χ0v) is 15.5. The second-order valence-electron chi connectivity index (χ2n) is 5.07. The molecule has 1 amide bonds. The van der Waals surface area contributed by atoms with E-state index in [1.807, 2.05) is 6.92 Å². The number of hydrogen-bond donors (Lipinski definition) is 2. The van der Waals surface area contributed by atoms with Gasteiger partial charge in [-0.3, -0.25) is 10.1 Å². The van der Waals surface area contributed by atoms with Gasteiger partial charge in [-0.2, -0.15) is 0 Å². The van der Waals surface area contributed by atoms with Gasteiger partial charge in [-0.05, 0) is 26.0 Å². The molecule has 0 aliphatic carbocycles. The minimum Gasteiger partial charge on any atom is -0.299 e. The molecule has 0 bridgehead atoms.